The van der Waals surface area contributed by atoms with Gasteiger partial charge in [-0.25, -0.2) is 0 Å². The molecule has 3 rings (SSSR count). The Balaban J connectivity index is 1.77. The Morgan fingerprint density at radius 3 is 2.67 bits per heavy atom. The van der Waals surface area contributed by atoms with Crippen LogP contribution < -0.4 is 10.1 Å². The molecule has 2 aliphatic rings. The van der Waals surface area contributed by atoms with Crippen molar-refractivity contribution < 1.29 is 14.6 Å². The third-order valence-electron chi connectivity index (χ3n) is 5.29. The van der Waals surface area contributed by atoms with Gasteiger partial charge in [0.05, 0.1) is 17.4 Å². The molecule has 0 saturated heterocycles. The van der Waals surface area contributed by atoms with Crippen molar-refractivity contribution in [3.63, 3.8) is 0 Å². The molecule has 1 unspecified atom stereocenters. The Morgan fingerprint density at radius 1 is 1.37 bits per heavy atom. The summed E-state index contributed by atoms with van der Waals surface area (Å²) in [5, 5.41) is 13.0. The van der Waals surface area contributed by atoms with E-state index in [4.69, 9.17) is 16.3 Å². The minimum Gasteiger partial charge on any atom is -0.513 e. The van der Waals surface area contributed by atoms with E-state index in [1.807, 2.05) is 24.4 Å². The normalized spacial score (nSPS) is 25.3. The number of aliphatic hydroxyl groups is 1. The lowest BCUT2D eigenvalue weighted by Gasteiger charge is -2.40. The molecule has 1 saturated carbocycles. The third kappa shape index (κ3) is 4.67. The number of nitrogens with one attached hydrogen (secondary N) is 1. The van der Waals surface area contributed by atoms with Gasteiger partial charge in [-0.1, -0.05) is 45.0 Å². The van der Waals surface area contributed by atoms with Gasteiger partial charge in [0.1, 0.15) is 5.75 Å². The molecule has 2 N–H and O–H groups in total. The summed E-state index contributed by atoms with van der Waals surface area (Å²) in [7, 11) is 0. The molecule has 1 heterocycles. The van der Waals surface area contributed by atoms with Crippen molar-refractivity contribution in [1.29, 1.82) is 0 Å². The first-order valence-corrected chi connectivity index (χ1v) is 9.81. The summed E-state index contributed by atoms with van der Waals surface area (Å²) in [5.74, 6) is 1.44. The van der Waals surface area contributed by atoms with Gasteiger partial charge in [-0.15, -0.1) is 0 Å². The first-order valence-electron chi connectivity index (χ1n) is 9.43. The number of rotatable bonds is 5. The van der Waals surface area contributed by atoms with E-state index in [1.165, 1.54) is 5.57 Å². The van der Waals surface area contributed by atoms with E-state index in [0.29, 0.717) is 29.7 Å². The standard InChI is InChI=1S/C22H28ClNO3/c1-13(25)15-7-16(8-15)18-11-24-21(26)10-17(18)14-5-6-20(19(23)9-14)27-12-22(2,3)4/h5-6,9,11,15-17,25H,1,7-8,10,12H2,2-4H3,(H,24,26). The Hall–Kier alpha value is -1.94. The summed E-state index contributed by atoms with van der Waals surface area (Å²) in [5.41, 5.74) is 2.28. The zero-order chi connectivity index (χ0) is 19.8. The lowest BCUT2D eigenvalue weighted by Crippen LogP contribution is -2.34. The maximum Gasteiger partial charge on any atom is 0.224 e. The van der Waals surface area contributed by atoms with E-state index < -0.39 is 0 Å². The molecular weight excluding hydrogens is 362 g/mol. The van der Waals surface area contributed by atoms with Crippen molar-refractivity contribution in [2.75, 3.05) is 6.61 Å². The second-order valence-corrected chi connectivity index (χ2v) is 9.27. The van der Waals surface area contributed by atoms with Gasteiger partial charge < -0.3 is 15.2 Å². The fraction of sp³-hybridized carbons (Fsp3) is 0.500. The van der Waals surface area contributed by atoms with E-state index in [-0.39, 0.29) is 28.9 Å². The van der Waals surface area contributed by atoms with Crippen LogP contribution in [-0.4, -0.2) is 17.6 Å². The van der Waals surface area contributed by atoms with Gasteiger partial charge >= 0.3 is 0 Å². The molecule has 1 aromatic rings. The zero-order valence-electron chi connectivity index (χ0n) is 16.2. The summed E-state index contributed by atoms with van der Waals surface area (Å²) in [6, 6.07) is 5.81. The van der Waals surface area contributed by atoms with Crippen molar-refractivity contribution in [2.45, 2.75) is 46.0 Å². The number of amides is 1. The van der Waals surface area contributed by atoms with Crippen LogP contribution in [-0.2, 0) is 4.79 Å². The number of aliphatic hydroxyl groups excluding tert-OH is 1. The quantitative estimate of drug-likeness (QED) is 0.667. The molecule has 1 amide bonds. The highest BCUT2D eigenvalue weighted by Crippen LogP contribution is 2.48. The van der Waals surface area contributed by atoms with Crippen molar-refractivity contribution in [2.24, 2.45) is 17.3 Å². The van der Waals surface area contributed by atoms with Gasteiger partial charge in [0.2, 0.25) is 5.91 Å². The number of carbonyl (C=O) groups excluding carboxylic acids is 1. The molecule has 0 aromatic heterocycles. The smallest absolute Gasteiger partial charge is 0.224 e. The van der Waals surface area contributed by atoms with E-state index >= 15 is 0 Å². The van der Waals surface area contributed by atoms with E-state index in [0.717, 1.165) is 18.4 Å². The highest BCUT2D eigenvalue weighted by molar-refractivity contribution is 6.32. The zero-order valence-corrected chi connectivity index (χ0v) is 17.0. The van der Waals surface area contributed by atoms with Gasteiger partial charge in [0.15, 0.2) is 0 Å². The van der Waals surface area contributed by atoms with Crippen LogP contribution in [0, 0.1) is 17.3 Å². The van der Waals surface area contributed by atoms with E-state index in [9.17, 15) is 9.90 Å². The predicted molar refractivity (Wildman–Crippen MR) is 108 cm³/mol. The average molecular weight is 390 g/mol. The molecule has 1 aromatic carbocycles. The molecular formula is C22H28ClNO3. The maximum absolute atomic E-state index is 12.0. The van der Waals surface area contributed by atoms with Crippen LogP contribution in [0.3, 0.4) is 0 Å². The fourth-order valence-corrected chi connectivity index (χ4v) is 3.89. The van der Waals surface area contributed by atoms with Gasteiger partial charge in [0.25, 0.3) is 0 Å². The molecule has 0 radical (unpaired) electrons. The molecule has 146 valence electrons. The molecule has 0 spiro atoms. The molecule has 1 atom stereocenters. The second kappa shape index (κ2) is 7.59. The summed E-state index contributed by atoms with van der Waals surface area (Å²) in [6.45, 7) is 10.6. The highest BCUT2D eigenvalue weighted by atomic mass is 35.5. The number of allylic oxidation sites excluding steroid dienone is 2. The summed E-state index contributed by atoms with van der Waals surface area (Å²) >= 11 is 6.46. The molecule has 5 heteroatoms. The van der Waals surface area contributed by atoms with Gasteiger partial charge in [-0.2, -0.15) is 0 Å². The molecule has 1 aliphatic carbocycles. The minimum atomic E-state index is 0.00539. The van der Waals surface area contributed by atoms with Crippen LogP contribution in [0.2, 0.25) is 5.02 Å². The summed E-state index contributed by atoms with van der Waals surface area (Å²) < 4.78 is 5.85. The fourth-order valence-electron chi connectivity index (χ4n) is 3.65. The molecule has 1 fully saturated rings. The topological polar surface area (TPSA) is 58.6 Å². The Kier molecular flexibility index (Phi) is 5.57. The number of benzene rings is 1. The summed E-state index contributed by atoms with van der Waals surface area (Å²) in [4.78, 5) is 12.0. The number of ether oxygens (including phenoxy) is 1. The van der Waals surface area contributed by atoms with Crippen LogP contribution in [0.4, 0.5) is 0 Å². The predicted octanol–water partition coefficient (Wildman–Crippen LogP) is 5.35. The minimum absolute atomic E-state index is 0.00539. The van der Waals surface area contributed by atoms with Crippen LogP contribution in [0.1, 0.15) is 51.5 Å². The Labute approximate surface area is 166 Å². The van der Waals surface area contributed by atoms with E-state index in [2.05, 4.69) is 32.7 Å². The third-order valence-corrected chi connectivity index (χ3v) is 5.59. The van der Waals surface area contributed by atoms with E-state index in [1.54, 1.807) is 0 Å². The highest BCUT2D eigenvalue weighted by Gasteiger charge is 2.38. The van der Waals surface area contributed by atoms with Crippen LogP contribution >= 0.6 is 11.6 Å². The number of hydrogen-bond donors (Lipinski definition) is 2. The van der Waals surface area contributed by atoms with Gasteiger partial charge in [0, 0.05) is 24.5 Å². The number of halogens is 1. The van der Waals surface area contributed by atoms with Crippen molar-refractivity contribution in [1.82, 2.24) is 5.32 Å². The first kappa shape index (κ1) is 19.8. The largest absolute Gasteiger partial charge is 0.513 e. The van der Waals surface area contributed by atoms with Crippen molar-refractivity contribution in [3.8, 4) is 5.75 Å². The monoisotopic (exact) mass is 389 g/mol. The van der Waals surface area contributed by atoms with Crippen molar-refractivity contribution >= 4 is 17.5 Å². The average Bonchev–Trinajstić information content (AvgIpc) is 2.52. The lowest BCUT2D eigenvalue weighted by atomic mass is 9.66. The van der Waals surface area contributed by atoms with Crippen LogP contribution in [0.25, 0.3) is 0 Å². The molecule has 0 bridgehead atoms. The first-order chi connectivity index (χ1) is 12.6. The maximum atomic E-state index is 12.0. The second-order valence-electron chi connectivity index (χ2n) is 8.86. The Bertz CT molecular complexity index is 772. The SMILES string of the molecule is C=C(O)C1CC(C2=CNC(=O)CC2c2ccc(OCC(C)(C)C)c(Cl)c2)C1. The summed E-state index contributed by atoms with van der Waals surface area (Å²) in [6.07, 6.45) is 3.99. The lowest BCUT2D eigenvalue weighted by molar-refractivity contribution is -0.120. The van der Waals surface area contributed by atoms with Crippen molar-refractivity contribution in [3.05, 3.63) is 52.9 Å². The molecule has 27 heavy (non-hydrogen) atoms. The van der Waals surface area contributed by atoms with Crippen LogP contribution in [0.5, 0.6) is 5.75 Å². The van der Waals surface area contributed by atoms with Gasteiger partial charge in [-0.05, 0) is 47.4 Å². The number of carbonyl (C=O) groups is 1. The number of hydrogen-bond acceptors (Lipinski definition) is 3. The van der Waals surface area contributed by atoms with Crippen LogP contribution in [0.15, 0.2) is 42.3 Å². The molecule has 4 nitrogen and oxygen atoms in total. The molecule has 1 aliphatic heterocycles. The Morgan fingerprint density at radius 2 is 2.07 bits per heavy atom. The van der Waals surface area contributed by atoms with Gasteiger partial charge in [-0.3, -0.25) is 4.79 Å².